The van der Waals surface area contributed by atoms with E-state index >= 15 is 0 Å². The molecule has 0 unspecified atom stereocenters. The summed E-state index contributed by atoms with van der Waals surface area (Å²) in [4.78, 5) is 19.4. The Hall–Kier alpha value is -0.0561. The molecule has 5 heteroatoms. The molecule has 0 aromatic carbocycles. The summed E-state index contributed by atoms with van der Waals surface area (Å²) in [6.45, 7) is 8.47. The molecule has 0 fully saturated rings. The zero-order valence-electron chi connectivity index (χ0n) is 8.75. The van der Waals surface area contributed by atoms with Crippen LogP contribution in [0.1, 0.15) is 13.3 Å². The van der Waals surface area contributed by atoms with Gasteiger partial charge in [0, 0.05) is 52.8 Å². The van der Waals surface area contributed by atoms with Gasteiger partial charge >= 0.3 is 0 Å². The predicted octanol–water partition coefficient (Wildman–Crippen LogP) is 0.807. The molecule has 0 N–H and O–H groups in total. The van der Waals surface area contributed by atoms with Gasteiger partial charge in [0.05, 0.1) is 6.61 Å². The molecule has 0 aromatic rings. The van der Waals surface area contributed by atoms with Crippen molar-refractivity contribution in [1.82, 2.24) is 0 Å². The van der Waals surface area contributed by atoms with E-state index in [1.807, 2.05) is 0 Å². The number of methoxy groups -OCH3 is 1. The summed E-state index contributed by atoms with van der Waals surface area (Å²) in [5.41, 5.74) is 0. The van der Waals surface area contributed by atoms with Crippen molar-refractivity contribution in [2.75, 3.05) is 20.3 Å². The number of ketones is 1. The topological polar surface area (TPSA) is 52.6 Å². The van der Waals surface area contributed by atoms with Crippen LogP contribution in [0.4, 0.5) is 0 Å². The van der Waals surface area contributed by atoms with Crippen molar-refractivity contribution in [3.05, 3.63) is 13.8 Å². The van der Waals surface area contributed by atoms with E-state index in [0.717, 1.165) is 6.42 Å². The molecule has 0 atom stereocenters. The number of ether oxygens (including phenoxy) is 2. The molecule has 81 valence electrons. The van der Waals surface area contributed by atoms with Crippen molar-refractivity contribution in [1.29, 1.82) is 0 Å². The van der Waals surface area contributed by atoms with Gasteiger partial charge in [0.2, 0.25) is 0 Å². The van der Waals surface area contributed by atoms with Gasteiger partial charge in [-0.25, -0.2) is 0 Å². The van der Waals surface area contributed by atoms with Crippen LogP contribution >= 0.6 is 0 Å². The Kier molecular flexibility index (Phi) is 21.5. The Balaban J connectivity index is -0.000000209. The molecule has 0 aliphatic carbocycles. The second kappa shape index (κ2) is 15.4. The number of carbonyl (C=O) groups is 2. The van der Waals surface area contributed by atoms with Crippen molar-refractivity contribution in [3.63, 3.8) is 0 Å². The van der Waals surface area contributed by atoms with Crippen molar-refractivity contribution in [2.45, 2.75) is 13.3 Å². The van der Waals surface area contributed by atoms with E-state index in [1.54, 1.807) is 7.11 Å². The second-order valence-electron chi connectivity index (χ2n) is 2.27. The van der Waals surface area contributed by atoms with E-state index in [9.17, 15) is 9.59 Å². The van der Waals surface area contributed by atoms with Crippen molar-refractivity contribution >= 4 is 11.8 Å². The van der Waals surface area contributed by atoms with Gasteiger partial charge in [-0.1, -0.05) is 0 Å². The summed E-state index contributed by atoms with van der Waals surface area (Å²) in [7, 11) is 1.60. The number of Topliss-reactive ketones (excluding diaryl/α,β-unsaturated/α-hetero) is 1. The van der Waals surface area contributed by atoms with Gasteiger partial charge in [-0.15, -0.1) is 0 Å². The molecular formula is C9H16O4Y-2. The molecule has 0 aliphatic heterocycles. The average Bonchev–Trinajstić information content (AvgIpc) is 1.97. The number of hydrogen-bond donors (Lipinski definition) is 0. The van der Waals surface area contributed by atoms with Gasteiger partial charge in [-0.3, -0.25) is 11.7 Å². The zero-order valence-corrected chi connectivity index (χ0v) is 11.6. The normalized spacial score (nSPS) is 7.57. The first-order chi connectivity index (χ1) is 6.00. The second-order valence-corrected chi connectivity index (χ2v) is 2.27. The van der Waals surface area contributed by atoms with E-state index < -0.39 is 5.97 Å². The number of carbonyl (C=O) groups excluding carboxylic acids is 2. The van der Waals surface area contributed by atoms with Gasteiger partial charge in [0.15, 0.2) is 5.97 Å². The van der Waals surface area contributed by atoms with Crippen LogP contribution in [-0.4, -0.2) is 32.1 Å². The van der Waals surface area contributed by atoms with Crippen LogP contribution in [0, 0.1) is 13.8 Å². The molecule has 0 aliphatic rings. The van der Waals surface area contributed by atoms with E-state index in [2.05, 4.69) is 18.6 Å². The molecule has 0 saturated heterocycles. The van der Waals surface area contributed by atoms with Gasteiger partial charge in [-0.05, 0) is 12.7 Å². The summed E-state index contributed by atoms with van der Waals surface area (Å²) < 4.78 is 9.23. The van der Waals surface area contributed by atoms with Crippen molar-refractivity contribution in [3.8, 4) is 0 Å². The summed E-state index contributed by atoms with van der Waals surface area (Å²) in [6, 6.07) is 0. The SMILES string of the molecule is [CH2-]C(=O)OCCCOC.[CH2-]C(C)=O.[Y]. The number of hydrogen-bond acceptors (Lipinski definition) is 4. The molecule has 14 heavy (non-hydrogen) atoms. The fourth-order valence-electron chi connectivity index (χ4n) is 0.389. The minimum atomic E-state index is -0.480. The maximum absolute atomic E-state index is 10.0. The maximum atomic E-state index is 10.0. The molecule has 0 heterocycles. The number of rotatable bonds is 4. The Morgan fingerprint density at radius 2 is 1.64 bits per heavy atom. The molecule has 0 rings (SSSR count). The third-order valence-corrected chi connectivity index (χ3v) is 0.756. The first kappa shape index (κ1) is 19.5. The molecule has 0 saturated carbocycles. The molecular weight excluding hydrogens is 261 g/mol. The molecule has 0 bridgehead atoms. The minimum Gasteiger partial charge on any atom is -0.488 e. The van der Waals surface area contributed by atoms with Crippen LogP contribution in [-0.2, 0) is 51.8 Å². The van der Waals surface area contributed by atoms with Gasteiger partial charge in [0.25, 0.3) is 0 Å². The Bertz CT molecular complexity index is 144. The summed E-state index contributed by atoms with van der Waals surface area (Å²) in [5, 5.41) is 0. The van der Waals surface area contributed by atoms with E-state index in [1.165, 1.54) is 6.92 Å². The zero-order chi connectivity index (χ0) is 10.7. The largest absolute Gasteiger partial charge is 0.488 e. The number of esters is 1. The third-order valence-electron chi connectivity index (χ3n) is 0.756. The maximum Gasteiger partial charge on any atom is 0.164 e. The van der Waals surface area contributed by atoms with Crippen molar-refractivity contribution < 1.29 is 51.8 Å². The van der Waals surface area contributed by atoms with E-state index in [-0.39, 0.29) is 38.5 Å². The summed E-state index contributed by atoms with van der Waals surface area (Å²) in [5.74, 6) is -0.564. The van der Waals surface area contributed by atoms with Crippen LogP contribution in [0.5, 0.6) is 0 Å². The predicted molar refractivity (Wildman–Crippen MR) is 48.8 cm³/mol. The Labute approximate surface area is 111 Å². The standard InChI is InChI=1S/C6H11O3.C3H5O.Y/c1-6(7)9-5-3-4-8-2;1-3(2)4;/h1,3-5H2,2H3;1H2,2H3;/q2*-1;. The Morgan fingerprint density at radius 3 is 1.93 bits per heavy atom. The quantitative estimate of drug-likeness (QED) is 0.433. The summed E-state index contributed by atoms with van der Waals surface area (Å²) in [6.07, 6.45) is 0.734. The van der Waals surface area contributed by atoms with Gasteiger partial charge in [-0.2, -0.15) is 0 Å². The molecule has 0 amide bonds. The average molecular weight is 277 g/mol. The first-order valence-electron chi connectivity index (χ1n) is 3.81. The van der Waals surface area contributed by atoms with Crippen LogP contribution in [0.25, 0.3) is 0 Å². The van der Waals surface area contributed by atoms with Crippen LogP contribution in [0.15, 0.2) is 0 Å². The fourth-order valence-corrected chi connectivity index (χ4v) is 0.389. The van der Waals surface area contributed by atoms with Gasteiger partial charge in [0.1, 0.15) is 0 Å². The van der Waals surface area contributed by atoms with Crippen LogP contribution in [0.2, 0.25) is 0 Å². The molecule has 0 spiro atoms. The van der Waals surface area contributed by atoms with Gasteiger partial charge < -0.3 is 21.2 Å². The molecule has 0 aromatic heterocycles. The van der Waals surface area contributed by atoms with E-state index in [0.29, 0.717) is 13.2 Å². The summed E-state index contributed by atoms with van der Waals surface area (Å²) >= 11 is 0. The molecule has 1 radical (unpaired) electrons. The van der Waals surface area contributed by atoms with Crippen LogP contribution in [0.3, 0.4) is 0 Å². The van der Waals surface area contributed by atoms with Crippen molar-refractivity contribution in [2.24, 2.45) is 0 Å². The third kappa shape index (κ3) is 40.5. The first-order valence-corrected chi connectivity index (χ1v) is 3.81. The smallest absolute Gasteiger partial charge is 0.164 e. The monoisotopic (exact) mass is 277 g/mol. The molecule has 4 nitrogen and oxygen atoms in total. The van der Waals surface area contributed by atoms with E-state index in [4.69, 9.17) is 4.74 Å². The Morgan fingerprint density at radius 1 is 1.21 bits per heavy atom. The fraction of sp³-hybridized carbons (Fsp3) is 0.556. The minimum absolute atomic E-state index is 0. The van der Waals surface area contributed by atoms with Crippen LogP contribution < -0.4 is 0 Å².